The molecule has 24 heavy (non-hydrogen) atoms. The van der Waals surface area contributed by atoms with Gasteiger partial charge in [0.1, 0.15) is 5.75 Å². The van der Waals surface area contributed by atoms with E-state index in [0.29, 0.717) is 18.0 Å². The average Bonchev–Trinajstić information content (AvgIpc) is 3.09. The number of ether oxygens (including phenoxy) is 2. The Morgan fingerprint density at radius 2 is 1.88 bits per heavy atom. The second kappa shape index (κ2) is 7.23. The van der Waals surface area contributed by atoms with Crippen molar-refractivity contribution in [3.63, 3.8) is 0 Å². The van der Waals surface area contributed by atoms with Gasteiger partial charge in [-0.1, -0.05) is 18.2 Å². The molecule has 2 aromatic carbocycles. The van der Waals surface area contributed by atoms with Crippen molar-refractivity contribution in [2.45, 2.75) is 6.54 Å². The Bertz CT molecular complexity index is 833. The average molecular weight is 342 g/mol. The van der Waals surface area contributed by atoms with Crippen LogP contribution in [0.25, 0.3) is 11.3 Å². The van der Waals surface area contributed by atoms with E-state index in [0.717, 1.165) is 22.0 Å². The van der Waals surface area contributed by atoms with Crippen LogP contribution in [-0.4, -0.2) is 24.3 Å². The number of nitrogens with zero attached hydrogens (tertiary/aromatic N) is 1. The van der Waals surface area contributed by atoms with Gasteiger partial charge in [-0.15, -0.1) is 11.3 Å². The first kappa shape index (κ1) is 16.1. The summed E-state index contributed by atoms with van der Waals surface area (Å²) in [5.74, 6) is 1.64. The van der Waals surface area contributed by atoms with Crippen LogP contribution in [0.2, 0.25) is 0 Å². The third-order valence-electron chi connectivity index (χ3n) is 3.61. The summed E-state index contributed by atoms with van der Waals surface area (Å²) in [5.41, 5.74) is 2.65. The SMILES string of the molecule is COc1ccc(-c2csc(NCc3ccccc3O)n2)cc1OC. The number of hydrogen-bond donors (Lipinski definition) is 2. The third-order valence-corrected chi connectivity index (χ3v) is 4.41. The zero-order valence-electron chi connectivity index (χ0n) is 13.4. The summed E-state index contributed by atoms with van der Waals surface area (Å²) in [6.45, 7) is 0.519. The summed E-state index contributed by atoms with van der Waals surface area (Å²) >= 11 is 1.52. The number of nitrogens with one attached hydrogen (secondary N) is 1. The number of para-hydroxylation sites is 1. The molecule has 0 aliphatic carbocycles. The highest BCUT2D eigenvalue weighted by Crippen LogP contribution is 2.33. The van der Waals surface area contributed by atoms with Crippen LogP contribution in [0.4, 0.5) is 5.13 Å². The van der Waals surface area contributed by atoms with Crippen LogP contribution in [-0.2, 0) is 6.54 Å². The Morgan fingerprint density at radius 3 is 2.62 bits per heavy atom. The number of benzene rings is 2. The van der Waals surface area contributed by atoms with Crippen molar-refractivity contribution >= 4 is 16.5 Å². The van der Waals surface area contributed by atoms with Gasteiger partial charge in [0.25, 0.3) is 0 Å². The van der Waals surface area contributed by atoms with Gasteiger partial charge in [0, 0.05) is 23.1 Å². The highest BCUT2D eigenvalue weighted by atomic mass is 32.1. The molecule has 0 aliphatic rings. The molecule has 0 fully saturated rings. The molecule has 2 N–H and O–H groups in total. The van der Waals surface area contributed by atoms with Gasteiger partial charge in [0.2, 0.25) is 0 Å². The largest absolute Gasteiger partial charge is 0.508 e. The second-order valence-electron chi connectivity index (χ2n) is 5.09. The van der Waals surface area contributed by atoms with Gasteiger partial charge in [-0.2, -0.15) is 0 Å². The van der Waals surface area contributed by atoms with Crippen molar-refractivity contribution in [2.24, 2.45) is 0 Å². The van der Waals surface area contributed by atoms with Crippen LogP contribution in [0.3, 0.4) is 0 Å². The van der Waals surface area contributed by atoms with E-state index >= 15 is 0 Å². The van der Waals surface area contributed by atoms with Crippen molar-refractivity contribution in [3.8, 4) is 28.5 Å². The molecule has 0 aliphatic heterocycles. The number of anilines is 1. The topological polar surface area (TPSA) is 63.6 Å². The molecule has 0 saturated carbocycles. The number of thiazole rings is 1. The maximum absolute atomic E-state index is 9.80. The predicted molar refractivity (Wildman–Crippen MR) is 96.1 cm³/mol. The number of aromatic nitrogens is 1. The summed E-state index contributed by atoms with van der Waals surface area (Å²) in [7, 11) is 3.23. The molecule has 0 atom stereocenters. The minimum absolute atomic E-state index is 0.279. The van der Waals surface area contributed by atoms with E-state index in [-0.39, 0.29) is 5.75 Å². The number of methoxy groups -OCH3 is 2. The van der Waals surface area contributed by atoms with Gasteiger partial charge in [-0.3, -0.25) is 0 Å². The number of aromatic hydroxyl groups is 1. The molecule has 0 unspecified atom stereocenters. The first-order valence-corrected chi connectivity index (χ1v) is 8.28. The lowest BCUT2D eigenvalue weighted by Gasteiger charge is -2.08. The maximum atomic E-state index is 9.80. The van der Waals surface area contributed by atoms with Crippen LogP contribution in [0.5, 0.6) is 17.2 Å². The number of phenols is 1. The van der Waals surface area contributed by atoms with Crippen LogP contribution in [0, 0.1) is 0 Å². The van der Waals surface area contributed by atoms with Crippen LogP contribution >= 0.6 is 11.3 Å². The van der Waals surface area contributed by atoms with E-state index in [1.165, 1.54) is 11.3 Å². The van der Waals surface area contributed by atoms with Gasteiger partial charge >= 0.3 is 0 Å². The standard InChI is InChI=1S/C18H18N2O3S/c1-22-16-8-7-12(9-17(16)23-2)14-11-24-18(20-14)19-10-13-5-3-4-6-15(13)21/h3-9,11,21H,10H2,1-2H3,(H,19,20). The van der Waals surface area contributed by atoms with E-state index in [9.17, 15) is 5.11 Å². The maximum Gasteiger partial charge on any atom is 0.183 e. The first-order chi connectivity index (χ1) is 11.7. The van der Waals surface area contributed by atoms with Gasteiger partial charge in [0.15, 0.2) is 16.6 Å². The summed E-state index contributed by atoms with van der Waals surface area (Å²) < 4.78 is 10.6. The quantitative estimate of drug-likeness (QED) is 0.705. The lowest BCUT2D eigenvalue weighted by molar-refractivity contribution is 0.355. The second-order valence-corrected chi connectivity index (χ2v) is 5.95. The van der Waals surface area contributed by atoms with E-state index in [1.807, 2.05) is 35.7 Å². The predicted octanol–water partition coefficient (Wildman–Crippen LogP) is 4.15. The lowest BCUT2D eigenvalue weighted by atomic mass is 10.1. The molecule has 5 nitrogen and oxygen atoms in total. The normalized spacial score (nSPS) is 10.4. The van der Waals surface area contributed by atoms with Crippen LogP contribution < -0.4 is 14.8 Å². The monoisotopic (exact) mass is 342 g/mol. The van der Waals surface area contributed by atoms with E-state index in [2.05, 4.69) is 10.3 Å². The molecule has 0 amide bonds. The van der Waals surface area contributed by atoms with E-state index in [4.69, 9.17) is 9.47 Å². The number of rotatable bonds is 6. The zero-order valence-corrected chi connectivity index (χ0v) is 14.3. The summed E-state index contributed by atoms with van der Waals surface area (Å²) in [4.78, 5) is 4.59. The smallest absolute Gasteiger partial charge is 0.183 e. The molecular weight excluding hydrogens is 324 g/mol. The Hall–Kier alpha value is -2.73. The van der Waals surface area contributed by atoms with Gasteiger partial charge in [0.05, 0.1) is 19.9 Å². The molecule has 3 rings (SSSR count). The van der Waals surface area contributed by atoms with Crippen molar-refractivity contribution in [2.75, 3.05) is 19.5 Å². The molecule has 124 valence electrons. The Labute approximate surface area is 144 Å². The molecule has 0 spiro atoms. The molecule has 1 heterocycles. The molecule has 0 bridgehead atoms. The van der Waals surface area contributed by atoms with E-state index in [1.54, 1.807) is 26.4 Å². The summed E-state index contributed by atoms with van der Waals surface area (Å²) in [6, 6.07) is 13.0. The van der Waals surface area contributed by atoms with Gasteiger partial charge in [-0.25, -0.2) is 4.98 Å². The number of hydrogen-bond acceptors (Lipinski definition) is 6. The zero-order chi connectivity index (χ0) is 16.9. The molecule has 6 heteroatoms. The molecular formula is C18H18N2O3S. The van der Waals surface area contributed by atoms with Crippen LogP contribution in [0.1, 0.15) is 5.56 Å². The third kappa shape index (κ3) is 3.44. The Balaban J connectivity index is 1.75. The fraction of sp³-hybridized carbons (Fsp3) is 0.167. The minimum Gasteiger partial charge on any atom is -0.508 e. The summed E-state index contributed by atoms with van der Waals surface area (Å²) in [6.07, 6.45) is 0. The highest BCUT2D eigenvalue weighted by molar-refractivity contribution is 7.14. The fourth-order valence-electron chi connectivity index (χ4n) is 2.31. The highest BCUT2D eigenvalue weighted by Gasteiger charge is 2.09. The molecule has 0 radical (unpaired) electrons. The number of phenolic OH excluding ortho intramolecular Hbond substituents is 1. The van der Waals surface area contributed by atoms with E-state index < -0.39 is 0 Å². The van der Waals surface area contributed by atoms with Crippen molar-refractivity contribution in [3.05, 3.63) is 53.4 Å². The van der Waals surface area contributed by atoms with Crippen molar-refractivity contribution < 1.29 is 14.6 Å². The Kier molecular flexibility index (Phi) is 4.86. The Morgan fingerprint density at radius 1 is 1.08 bits per heavy atom. The van der Waals surface area contributed by atoms with Crippen molar-refractivity contribution in [1.29, 1.82) is 0 Å². The van der Waals surface area contributed by atoms with Crippen LogP contribution in [0.15, 0.2) is 47.8 Å². The molecule has 0 saturated heterocycles. The molecule has 1 aromatic heterocycles. The summed E-state index contributed by atoms with van der Waals surface area (Å²) in [5, 5.41) is 15.8. The van der Waals surface area contributed by atoms with Gasteiger partial charge < -0.3 is 19.9 Å². The van der Waals surface area contributed by atoms with Crippen molar-refractivity contribution in [1.82, 2.24) is 4.98 Å². The fourth-order valence-corrected chi connectivity index (χ4v) is 3.03. The minimum atomic E-state index is 0.279. The first-order valence-electron chi connectivity index (χ1n) is 7.40. The van der Waals surface area contributed by atoms with Gasteiger partial charge in [-0.05, 0) is 24.3 Å². The lowest BCUT2D eigenvalue weighted by Crippen LogP contribution is -1.99. The molecule has 3 aromatic rings.